The highest BCUT2D eigenvalue weighted by Crippen LogP contribution is 2.11. The Morgan fingerprint density at radius 3 is 2.33 bits per heavy atom. The quantitative estimate of drug-likeness (QED) is 0.211. The van der Waals surface area contributed by atoms with Crippen LogP contribution in [0.1, 0.15) is 59.8 Å². The Hall–Kier alpha value is -0.0400. The minimum Gasteiger partial charge on any atom is -0.396 e. The summed E-state index contributed by atoms with van der Waals surface area (Å²) in [5, 5.41) is 15.8. The number of aliphatic hydroxyl groups excluding tert-OH is 1. The molecule has 1 atom stereocenters. The number of nitrogens with one attached hydrogen (secondary N) is 2. The van der Waals surface area contributed by atoms with Crippen molar-refractivity contribution in [1.82, 2.24) is 10.6 Å². The van der Waals surface area contributed by atoms with Crippen molar-refractivity contribution < 1.29 is 5.11 Å². The van der Waals surface area contributed by atoms with Gasteiger partial charge in [-0.25, -0.2) is 0 Å². The van der Waals surface area contributed by atoms with Crippen molar-refractivity contribution in [2.75, 3.05) is 26.2 Å². The summed E-state index contributed by atoms with van der Waals surface area (Å²) in [5.74, 6) is 2.17. The zero-order chi connectivity index (χ0) is 15.2. The van der Waals surface area contributed by atoms with Crippen molar-refractivity contribution in [2.45, 2.75) is 59.8 Å². The van der Waals surface area contributed by atoms with Gasteiger partial charge in [0.1, 0.15) is 0 Å². The molecule has 128 valence electrons. The van der Waals surface area contributed by atoms with Crippen LogP contribution in [-0.2, 0) is 0 Å². The van der Waals surface area contributed by atoms with Gasteiger partial charge in [0.2, 0.25) is 0 Å². The molecule has 0 bridgehead atoms. The zero-order valence-electron chi connectivity index (χ0n) is 14.3. The normalized spacial score (nSPS) is 13.0. The number of hydrogen-bond acceptors (Lipinski definition) is 2. The minimum absolute atomic E-state index is 0. The van der Waals surface area contributed by atoms with Gasteiger partial charge in [0, 0.05) is 26.2 Å². The van der Waals surface area contributed by atoms with Gasteiger partial charge in [-0.1, -0.05) is 27.2 Å². The molecule has 0 aliphatic heterocycles. The van der Waals surface area contributed by atoms with E-state index in [-0.39, 0.29) is 30.6 Å². The lowest BCUT2D eigenvalue weighted by molar-refractivity contribution is 0.253. The molecule has 0 aromatic rings. The van der Waals surface area contributed by atoms with Gasteiger partial charge in [-0.3, -0.25) is 4.99 Å². The van der Waals surface area contributed by atoms with Crippen LogP contribution in [0.15, 0.2) is 4.99 Å². The molecule has 21 heavy (non-hydrogen) atoms. The molecule has 0 amide bonds. The Labute approximate surface area is 148 Å². The Morgan fingerprint density at radius 1 is 1.10 bits per heavy atom. The van der Waals surface area contributed by atoms with E-state index in [1.165, 1.54) is 12.8 Å². The maximum absolute atomic E-state index is 9.08. The lowest BCUT2D eigenvalue weighted by atomic mass is 10.0. The van der Waals surface area contributed by atoms with Crippen LogP contribution in [-0.4, -0.2) is 37.3 Å². The van der Waals surface area contributed by atoms with Gasteiger partial charge in [-0.2, -0.15) is 0 Å². The monoisotopic (exact) mass is 413 g/mol. The second-order valence-corrected chi connectivity index (χ2v) is 5.85. The third-order valence-electron chi connectivity index (χ3n) is 3.34. The predicted octanol–water partition coefficient (Wildman–Crippen LogP) is 3.39. The molecular weight excluding hydrogens is 377 g/mol. The third kappa shape index (κ3) is 14.7. The van der Waals surface area contributed by atoms with Crippen LogP contribution < -0.4 is 10.6 Å². The van der Waals surface area contributed by atoms with E-state index in [1.54, 1.807) is 0 Å². The number of aliphatic imine (C=N–C) groups is 1. The smallest absolute Gasteiger partial charge is 0.191 e. The molecule has 0 aliphatic rings. The Kier molecular flexibility index (Phi) is 18.1. The first-order chi connectivity index (χ1) is 9.63. The minimum atomic E-state index is 0. The summed E-state index contributed by atoms with van der Waals surface area (Å²) >= 11 is 0. The SMILES string of the molecule is CCCC(CCO)CN=C(NCC)NCCCC(C)C.I. The van der Waals surface area contributed by atoms with Crippen molar-refractivity contribution in [3.8, 4) is 0 Å². The number of halogens is 1. The summed E-state index contributed by atoms with van der Waals surface area (Å²) in [7, 11) is 0. The summed E-state index contributed by atoms with van der Waals surface area (Å²) in [6, 6.07) is 0. The number of guanidine groups is 1. The van der Waals surface area contributed by atoms with Gasteiger partial charge in [-0.05, 0) is 44.4 Å². The van der Waals surface area contributed by atoms with E-state index in [1.807, 2.05) is 0 Å². The highest BCUT2D eigenvalue weighted by atomic mass is 127. The van der Waals surface area contributed by atoms with Crippen LogP contribution in [0.3, 0.4) is 0 Å². The van der Waals surface area contributed by atoms with Gasteiger partial charge in [-0.15, -0.1) is 24.0 Å². The van der Waals surface area contributed by atoms with E-state index < -0.39 is 0 Å². The van der Waals surface area contributed by atoms with Gasteiger partial charge in [0.05, 0.1) is 0 Å². The van der Waals surface area contributed by atoms with E-state index >= 15 is 0 Å². The molecule has 4 nitrogen and oxygen atoms in total. The fraction of sp³-hybridized carbons (Fsp3) is 0.938. The van der Waals surface area contributed by atoms with Crippen molar-refractivity contribution in [3.05, 3.63) is 0 Å². The standard InChI is InChI=1S/C16H35N3O.HI/c1-5-8-15(10-12-20)13-19-16(17-6-2)18-11-7-9-14(3)4;/h14-15,20H,5-13H2,1-4H3,(H2,17,18,19);1H. The molecular formula is C16H36IN3O. The highest BCUT2D eigenvalue weighted by Gasteiger charge is 2.07. The van der Waals surface area contributed by atoms with Crippen LogP contribution in [0.2, 0.25) is 0 Å². The molecule has 0 radical (unpaired) electrons. The molecule has 0 saturated heterocycles. The second kappa shape index (κ2) is 16.3. The van der Waals surface area contributed by atoms with E-state index in [0.29, 0.717) is 5.92 Å². The fourth-order valence-electron chi connectivity index (χ4n) is 2.20. The lowest BCUT2D eigenvalue weighted by Crippen LogP contribution is -2.38. The van der Waals surface area contributed by atoms with Crippen molar-refractivity contribution in [1.29, 1.82) is 0 Å². The molecule has 0 saturated carbocycles. The molecule has 0 spiro atoms. The molecule has 0 aromatic carbocycles. The second-order valence-electron chi connectivity index (χ2n) is 5.85. The molecule has 0 aromatic heterocycles. The first kappa shape index (κ1) is 23.2. The third-order valence-corrected chi connectivity index (χ3v) is 3.34. The first-order valence-corrected chi connectivity index (χ1v) is 8.27. The molecule has 0 aliphatic carbocycles. The number of nitrogens with zero attached hydrogens (tertiary/aromatic N) is 1. The predicted molar refractivity (Wildman–Crippen MR) is 104 cm³/mol. The van der Waals surface area contributed by atoms with E-state index in [2.05, 4.69) is 43.3 Å². The van der Waals surface area contributed by atoms with Gasteiger partial charge < -0.3 is 15.7 Å². The van der Waals surface area contributed by atoms with Crippen LogP contribution in [0, 0.1) is 11.8 Å². The largest absolute Gasteiger partial charge is 0.396 e. The average Bonchev–Trinajstić information content (AvgIpc) is 2.40. The average molecular weight is 413 g/mol. The molecule has 0 heterocycles. The molecule has 1 unspecified atom stereocenters. The van der Waals surface area contributed by atoms with Gasteiger partial charge in [0.25, 0.3) is 0 Å². The maximum Gasteiger partial charge on any atom is 0.191 e. The summed E-state index contributed by atoms with van der Waals surface area (Å²) in [6.07, 6.45) is 5.56. The zero-order valence-corrected chi connectivity index (χ0v) is 16.7. The summed E-state index contributed by atoms with van der Waals surface area (Å²) in [5.41, 5.74) is 0. The summed E-state index contributed by atoms with van der Waals surface area (Å²) in [6.45, 7) is 11.7. The van der Waals surface area contributed by atoms with E-state index in [4.69, 9.17) is 5.11 Å². The lowest BCUT2D eigenvalue weighted by Gasteiger charge is -2.15. The number of hydrogen-bond donors (Lipinski definition) is 3. The van der Waals surface area contributed by atoms with Crippen LogP contribution in [0.25, 0.3) is 0 Å². The van der Waals surface area contributed by atoms with E-state index in [9.17, 15) is 0 Å². The summed E-state index contributed by atoms with van der Waals surface area (Å²) in [4.78, 5) is 4.65. The van der Waals surface area contributed by atoms with Gasteiger partial charge in [0.15, 0.2) is 5.96 Å². The van der Waals surface area contributed by atoms with Crippen molar-refractivity contribution >= 4 is 29.9 Å². The highest BCUT2D eigenvalue weighted by molar-refractivity contribution is 14.0. The maximum atomic E-state index is 9.08. The Morgan fingerprint density at radius 2 is 1.81 bits per heavy atom. The van der Waals surface area contributed by atoms with E-state index in [0.717, 1.165) is 50.8 Å². The molecule has 0 fully saturated rings. The Bertz CT molecular complexity index is 242. The topological polar surface area (TPSA) is 56.7 Å². The number of aliphatic hydroxyl groups is 1. The molecule has 3 N–H and O–H groups in total. The Balaban J connectivity index is 0. The molecule has 5 heteroatoms. The first-order valence-electron chi connectivity index (χ1n) is 8.27. The van der Waals surface area contributed by atoms with Crippen molar-refractivity contribution in [3.63, 3.8) is 0 Å². The van der Waals surface area contributed by atoms with Crippen LogP contribution in [0.4, 0.5) is 0 Å². The van der Waals surface area contributed by atoms with Crippen LogP contribution >= 0.6 is 24.0 Å². The fourth-order valence-corrected chi connectivity index (χ4v) is 2.20. The van der Waals surface area contributed by atoms with Gasteiger partial charge >= 0.3 is 0 Å². The van der Waals surface area contributed by atoms with Crippen LogP contribution in [0.5, 0.6) is 0 Å². The summed E-state index contributed by atoms with van der Waals surface area (Å²) < 4.78 is 0. The molecule has 0 rings (SSSR count). The number of rotatable bonds is 11. The van der Waals surface area contributed by atoms with Crippen molar-refractivity contribution in [2.24, 2.45) is 16.8 Å².